The van der Waals surface area contributed by atoms with E-state index in [9.17, 15) is 0 Å². The van der Waals surface area contributed by atoms with E-state index in [4.69, 9.17) is 0 Å². The van der Waals surface area contributed by atoms with Crippen molar-refractivity contribution in [3.63, 3.8) is 0 Å². The summed E-state index contributed by atoms with van der Waals surface area (Å²) in [7, 11) is 0. The van der Waals surface area contributed by atoms with Gasteiger partial charge in [-0.15, -0.1) is 0 Å². The Morgan fingerprint density at radius 1 is 0.667 bits per heavy atom. The molecule has 0 aliphatic heterocycles. The zero-order chi connectivity index (χ0) is 29.8. The molecule has 212 valence electrons. The molecule has 2 aliphatic carbocycles. The number of fused-ring (bicyclic) bond motifs is 3. The maximum absolute atomic E-state index is 2.69. The first-order chi connectivity index (χ1) is 19.9. The molecule has 0 unspecified atom stereocenters. The molecule has 0 spiro atoms. The van der Waals surface area contributed by atoms with E-state index in [0.717, 1.165) is 12.8 Å². The van der Waals surface area contributed by atoms with Gasteiger partial charge in [0, 0.05) is 0 Å². The van der Waals surface area contributed by atoms with Gasteiger partial charge in [-0.3, -0.25) is 0 Å². The molecular formula is C39H38I2Zr. The fraction of sp³-hybridized carbons (Fsp3) is 0.256. The van der Waals surface area contributed by atoms with Crippen LogP contribution in [-0.4, -0.2) is 3.21 Å². The van der Waals surface area contributed by atoms with E-state index in [1.807, 2.05) is 0 Å². The molecular weight excluding hydrogens is 813 g/mol. The molecule has 4 aromatic rings. The van der Waals surface area contributed by atoms with E-state index in [0.29, 0.717) is 0 Å². The predicted octanol–water partition coefficient (Wildman–Crippen LogP) is 10.4. The molecule has 4 aromatic carbocycles. The molecule has 0 heterocycles. The Kier molecular flexibility index (Phi) is 8.61. The fourth-order valence-corrected chi connectivity index (χ4v) is 14.9. The quantitative estimate of drug-likeness (QED) is 0.158. The van der Waals surface area contributed by atoms with Crippen molar-refractivity contribution >= 4 is 51.7 Å². The molecule has 0 aromatic heterocycles. The monoisotopic (exact) mass is 850 g/mol. The van der Waals surface area contributed by atoms with Crippen molar-refractivity contribution in [1.29, 1.82) is 0 Å². The van der Waals surface area contributed by atoms with Crippen LogP contribution in [0.5, 0.6) is 0 Å². The summed E-state index contributed by atoms with van der Waals surface area (Å²) in [5, 5.41) is 0. The van der Waals surface area contributed by atoms with Crippen molar-refractivity contribution in [3.8, 4) is 11.1 Å². The molecule has 2 aliphatic rings. The zero-order valence-electron chi connectivity index (χ0n) is 25.4. The third-order valence-electron chi connectivity index (χ3n) is 8.63. The van der Waals surface area contributed by atoms with E-state index >= 15 is 0 Å². The molecule has 0 atom stereocenters. The third-order valence-corrected chi connectivity index (χ3v) is 17.6. The van der Waals surface area contributed by atoms with Gasteiger partial charge in [0.1, 0.15) is 0 Å². The molecule has 0 fully saturated rings. The van der Waals surface area contributed by atoms with Crippen LogP contribution in [0.3, 0.4) is 0 Å². The van der Waals surface area contributed by atoms with Gasteiger partial charge in [-0.25, -0.2) is 0 Å². The summed E-state index contributed by atoms with van der Waals surface area (Å²) in [6.45, 7) is 14.1. The van der Waals surface area contributed by atoms with Gasteiger partial charge < -0.3 is 0 Å². The summed E-state index contributed by atoms with van der Waals surface area (Å²) in [4.78, 5) is 0. The van der Waals surface area contributed by atoms with Crippen LogP contribution in [0.1, 0.15) is 81.3 Å². The van der Waals surface area contributed by atoms with Gasteiger partial charge in [0.2, 0.25) is 0 Å². The summed E-state index contributed by atoms with van der Waals surface area (Å²) in [5.74, 6) is 0. The molecule has 0 bridgehead atoms. The van der Waals surface area contributed by atoms with Gasteiger partial charge in [-0.05, 0) is 0 Å². The number of benzene rings is 4. The van der Waals surface area contributed by atoms with Crippen LogP contribution in [-0.2, 0) is 38.5 Å². The molecule has 42 heavy (non-hydrogen) atoms. The third kappa shape index (κ3) is 6.09. The SMILES string of the molecule is CC(C)(C)c1ccc2c(c1)-c1cc(C(C)(C)C)c[c]([Zr]([C]3=CC=CC3)=[C](c3ccc(I)cc3)c3ccc(I)cc3)c1C2. The summed E-state index contributed by atoms with van der Waals surface area (Å²) >= 11 is 2.18. The molecule has 0 saturated heterocycles. The van der Waals surface area contributed by atoms with Crippen LogP contribution in [0.4, 0.5) is 0 Å². The molecule has 6 rings (SSSR count). The topological polar surface area (TPSA) is 0 Å². The van der Waals surface area contributed by atoms with Crippen LogP contribution in [0.25, 0.3) is 11.1 Å². The minimum atomic E-state index is -2.69. The number of rotatable bonds is 4. The molecule has 0 amide bonds. The van der Waals surface area contributed by atoms with Crippen LogP contribution in [0, 0.1) is 7.14 Å². The van der Waals surface area contributed by atoms with E-state index in [-0.39, 0.29) is 10.8 Å². The Morgan fingerprint density at radius 2 is 1.24 bits per heavy atom. The number of allylic oxidation sites excluding steroid dienone is 4. The van der Waals surface area contributed by atoms with Gasteiger partial charge >= 0.3 is 290 Å². The number of halogens is 2. The van der Waals surface area contributed by atoms with Crippen molar-refractivity contribution in [1.82, 2.24) is 0 Å². The standard InChI is InChI=1S/C21H25.C13H8I2.C5H5.Zr/c1-20(2,3)16-9-7-14-11-15-8-10-17(21(4,5)6)13-19(15)18(14)12-16;14-12-5-1-10(2-6-12)9-11-3-7-13(15)8-4-11;1-2-4-5-3-1;/h7,9-10,12-13H,11H2,1-6H3;1-8H;1-3H,4H2;. The van der Waals surface area contributed by atoms with E-state index in [1.54, 1.807) is 15.3 Å². The van der Waals surface area contributed by atoms with Crippen molar-refractivity contribution in [2.24, 2.45) is 0 Å². The first-order valence-corrected chi connectivity index (χ1v) is 20.7. The van der Waals surface area contributed by atoms with Crippen molar-refractivity contribution in [3.05, 3.63) is 141 Å². The fourth-order valence-electron chi connectivity index (χ4n) is 6.19. The van der Waals surface area contributed by atoms with E-state index in [1.165, 1.54) is 46.1 Å². The van der Waals surface area contributed by atoms with Crippen molar-refractivity contribution in [2.75, 3.05) is 0 Å². The van der Waals surface area contributed by atoms with Crippen molar-refractivity contribution in [2.45, 2.75) is 65.2 Å². The zero-order valence-corrected chi connectivity index (χ0v) is 32.2. The predicted molar refractivity (Wildman–Crippen MR) is 195 cm³/mol. The van der Waals surface area contributed by atoms with Crippen LogP contribution >= 0.6 is 45.2 Å². The second-order valence-corrected chi connectivity index (χ2v) is 22.2. The second kappa shape index (κ2) is 11.8. The number of hydrogen-bond acceptors (Lipinski definition) is 0. The molecule has 0 N–H and O–H groups in total. The molecule has 3 heteroatoms. The van der Waals surface area contributed by atoms with Gasteiger partial charge in [0.25, 0.3) is 0 Å². The maximum atomic E-state index is 2.64. The van der Waals surface area contributed by atoms with Gasteiger partial charge in [-0.1, -0.05) is 0 Å². The van der Waals surface area contributed by atoms with Crippen LogP contribution in [0.2, 0.25) is 0 Å². The Hall–Kier alpha value is -1.43. The Morgan fingerprint density at radius 3 is 1.76 bits per heavy atom. The van der Waals surface area contributed by atoms with Crippen LogP contribution in [0.15, 0.2) is 100 Å². The summed E-state index contributed by atoms with van der Waals surface area (Å²) in [6, 6.07) is 31.1. The summed E-state index contributed by atoms with van der Waals surface area (Å²) in [5.41, 5.74) is 11.8. The Labute approximate surface area is 287 Å². The first-order valence-electron chi connectivity index (χ1n) is 14.8. The normalized spacial score (nSPS) is 14.0. The molecule has 0 nitrogen and oxygen atoms in total. The summed E-state index contributed by atoms with van der Waals surface area (Å²) in [6.07, 6.45) is 9.24. The first kappa shape index (κ1) is 30.6. The Bertz CT molecular complexity index is 1720. The van der Waals surface area contributed by atoms with E-state index < -0.39 is 21.3 Å². The van der Waals surface area contributed by atoms with Crippen molar-refractivity contribution < 1.29 is 21.3 Å². The average molecular weight is 852 g/mol. The van der Waals surface area contributed by atoms with Gasteiger partial charge in [-0.2, -0.15) is 0 Å². The average Bonchev–Trinajstić information content (AvgIpc) is 3.60. The van der Waals surface area contributed by atoms with Gasteiger partial charge in [0.15, 0.2) is 0 Å². The second-order valence-electron chi connectivity index (χ2n) is 13.7. The van der Waals surface area contributed by atoms with Crippen LogP contribution < -0.4 is 3.27 Å². The number of hydrogen-bond donors (Lipinski definition) is 0. The summed E-state index contributed by atoms with van der Waals surface area (Å²) < 4.78 is 7.50. The molecule has 0 saturated carbocycles. The minimum absolute atomic E-state index is 0.0661. The van der Waals surface area contributed by atoms with E-state index in [2.05, 4.69) is 184 Å². The molecule has 0 radical (unpaired) electrons. The van der Waals surface area contributed by atoms with Gasteiger partial charge in [0.05, 0.1) is 0 Å². The Balaban J connectivity index is 1.72.